The average molecular weight is 422 g/mol. The zero-order valence-corrected chi connectivity index (χ0v) is 16.8. The highest BCUT2D eigenvalue weighted by Gasteiger charge is 2.26. The highest BCUT2D eigenvalue weighted by Crippen LogP contribution is 2.40. The van der Waals surface area contributed by atoms with Crippen molar-refractivity contribution in [1.82, 2.24) is 0 Å². The van der Waals surface area contributed by atoms with Gasteiger partial charge in [-0.05, 0) is 43.0 Å². The van der Waals surface area contributed by atoms with Gasteiger partial charge in [0.05, 0.1) is 25.5 Å². The Balaban J connectivity index is 2.09. The Hall–Kier alpha value is -2.98. The second-order valence-electron chi connectivity index (χ2n) is 6.64. The molecule has 4 N–H and O–H groups in total. The largest absolute Gasteiger partial charge is 0.493 e. The van der Waals surface area contributed by atoms with Gasteiger partial charge in [-0.15, -0.1) is 0 Å². The zero-order chi connectivity index (χ0) is 21.2. The van der Waals surface area contributed by atoms with Crippen LogP contribution in [-0.2, 0) is 10.0 Å². The van der Waals surface area contributed by atoms with E-state index < -0.39 is 20.9 Å². The van der Waals surface area contributed by atoms with E-state index in [0.29, 0.717) is 24.0 Å². The number of aromatic carboxylic acids is 1. The summed E-state index contributed by atoms with van der Waals surface area (Å²) in [6, 6.07) is 7.02. The SMILES string of the molecule is COc1ccc(Oc2c(NCC3CC3)cc(C(=O)O)cc2S(N)(=O)=O)cc1OC. The fourth-order valence-electron chi connectivity index (χ4n) is 2.75. The van der Waals surface area contributed by atoms with Crippen LogP contribution in [0.15, 0.2) is 35.2 Å². The summed E-state index contributed by atoms with van der Waals surface area (Å²) in [6.07, 6.45) is 2.11. The summed E-state index contributed by atoms with van der Waals surface area (Å²) < 4.78 is 40.6. The smallest absolute Gasteiger partial charge is 0.335 e. The molecular formula is C19H22N2O7S. The minimum absolute atomic E-state index is 0.0784. The van der Waals surface area contributed by atoms with Crippen molar-refractivity contribution in [2.75, 3.05) is 26.1 Å². The van der Waals surface area contributed by atoms with Crippen LogP contribution in [0.1, 0.15) is 23.2 Å². The summed E-state index contributed by atoms with van der Waals surface area (Å²) in [4.78, 5) is 11.0. The summed E-state index contributed by atoms with van der Waals surface area (Å²) in [5, 5.41) is 17.8. The van der Waals surface area contributed by atoms with Gasteiger partial charge >= 0.3 is 5.97 Å². The number of rotatable bonds is 9. The van der Waals surface area contributed by atoms with Gasteiger partial charge < -0.3 is 24.6 Å². The molecule has 0 bridgehead atoms. The molecule has 29 heavy (non-hydrogen) atoms. The molecule has 1 aliphatic carbocycles. The number of hydrogen-bond donors (Lipinski definition) is 3. The Morgan fingerprint density at radius 1 is 1.17 bits per heavy atom. The monoisotopic (exact) mass is 422 g/mol. The van der Waals surface area contributed by atoms with Crippen LogP contribution in [0.2, 0.25) is 0 Å². The number of carbonyl (C=O) groups is 1. The van der Waals surface area contributed by atoms with E-state index in [4.69, 9.17) is 19.3 Å². The highest BCUT2D eigenvalue weighted by molar-refractivity contribution is 7.89. The lowest BCUT2D eigenvalue weighted by Gasteiger charge is -2.18. The number of anilines is 1. The second kappa shape index (κ2) is 8.18. The van der Waals surface area contributed by atoms with Gasteiger partial charge in [0, 0.05) is 12.6 Å². The number of nitrogens with one attached hydrogen (secondary N) is 1. The lowest BCUT2D eigenvalue weighted by atomic mass is 10.1. The molecule has 0 spiro atoms. The number of methoxy groups -OCH3 is 2. The van der Waals surface area contributed by atoms with Gasteiger partial charge in [-0.25, -0.2) is 18.4 Å². The lowest BCUT2D eigenvalue weighted by Crippen LogP contribution is -2.16. The van der Waals surface area contributed by atoms with Crippen LogP contribution in [0.5, 0.6) is 23.0 Å². The van der Waals surface area contributed by atoms with Crippen LogP contribution >= 0.6 is 0 Å². The summed E-state index contributed by atoms with van der Waals surface area (Å²) in [6.45, 7) is 0.565. The van der Waals surface area contributed by atoms with Gasteiger partial charge in [0.2, 0.25) is 10.0 Å². The molecule has 3 rings (SSSR count). The first-order valence-corrected chi connectivity index (χ1v) is 10.4. The minimum Gasteiger partial charge on any atom is -0.493 e. The van der Waals surface area contributed by atoms with E-state index in [1.165, 1.54) is 26.4 Å². The standard InChI is InChI=1S/C19H22N2O7S/c1-26-15-6-5-13(9-16(15)27-2)28-18-14(21-10-11-3-4-11)7-12(19(22)23)8-17(18)29(20,24)25/h5-9,11,21H,3-4,10H2,1-2H3,(H,22,23)(H2,20,24,25). The van der Waals surface area contributed by atoms with E-state index in [0.717, 1.165) is 18.9 Å². The fourth-order valence-corrected chi connectivity index (χ4v) is 3.45. The van der Waals surface area contributed by atoms with Gasteiger partial charge in [-0.3, -0.25) is 0 Å². The van der Waals surface area contributed by atoms with Crippen molar-refractivity contribution in [3.63, 3.8) is 0 Å². The molecule has 10 heteroatoms. The Morgan fingerprint density at radius 2 is 1.86 bits per heavy atom. The van der Waals surface area contributed by atoms with E-state index in [2.05, 4.69) is 5.32 Å². The molecule has 0 aliphatic heterocycles. The minimum atomic E-state index is -4.27. The molecule has 2 aromatic carbocycles. The summed E-state index contributed by atoms with van der Waals surface area (Å²) in [5.41, 5.74) is 0.0163. The van der Waals surface area contributed by atoms with Crippen molar-refractivity contribution >= 4 is 21.7 Å². The first-order chi connectivity index (χ1) is 13.7. The van der Waals surface area contributed by atoms with Crippen molar-refractivity contribution in [2.24, 2.45) is 11.1 Å². The van der Waals surface area contributed by atoms with Crippen LogP contribution in [-0.4, -0.2) is 40.3 Å². The van der Waals surface area contributed by atoms with E-state index in [9.17, 15) is 18.3 Å². The molecule has 9 nitrogen and oxygen atoms in total. The molecule has 0 radical (unpaired) electrons. The summed E-state index contributed by atoms with van der Waals surface area (Å²) in [7, 11) is -1.32. The maximum atomic E-state index is 12.2. The van der Waals surface area contributed by atoms with Crippen molar-refractivity contribution in [3.8, 4) is 23.0 Å². The maximum absolute atomic E-state index is 12.2. The van der Waals surface area contributed by atoms with Crippen LogP contribution in [0.4, 0.5) is 5.69 Å². The molecule has 0 atom stereocenters. The topological polar surface area (TPSA) is 137 Å². The third-order valence-corrected chi connectivity index (χ3v) is 5.38. The van der Waals surface area contributed by atoms with E-state index in [1.54, 1.807) is 12.1 Å². The normalized spacial score (nSPS) is 13.6. The molecule has 0 heterocycles. The van der Waals surface area contributed by atoms with Crippen molar-refractivity contribution in [2.45, 2.75) is 17.7 Å². The number of carboxylic acid groups (broad SMARTS) is 1. The molecule has 0 aromatic heterocycles. The third kappa shape index (κ3) is 4.90. The predicted octanol–water partition coefficient (Wildman–Crippen LogP) is 2.66. The molecule has 0 saturated heterocycles. The molecule has 156 valence electrons. The second-order valence-corrected chi connectivity index (χ2v) is 8.17. The first-order valence-electron chi connectivity index (χ1n) is 8.80. The molecule has 2 aromatic rings. The first kappa shape index (κ1) is 20.7. The van der Waals surface area contributed by atoms with E-state index in [-0.39, 0.29) is 22.7 Å². The molecule has 0 amide bonds. The number of benzene rings is 2. The van der Waals surface area contributed by atoms with Crippen molar-refractivity contribution in [3.05, 3.63) is 35.9 Å². The number of hydrogen-bond acceptors (Lipinski definition) is 7. The molecule has 1 aliphatic rings. The molecule has 0 unspecified atom stereocenters. The van der Waals surface area contributed by atoms with E-state index >= 15 is 0 Å². The van der Waals surface area contributed by atoms with Gasteiger partial charge in [0.1, 0.15) is 10.6 Å². The van der Waals surface area contributed by atoms with Gasteiger partial charge in [-0.1, -0.05) is 0 Å². The molecular weight excluding hydrogens is 400 g/mol. The van der Waals surface area contributed by atoms with Crippen molar-refractivity contribution in [1.29, 1.82) is 0 Å². The number of sulfonamides is 1. The average Bonchev–Trinajstić information content (AvgIpc) is 3.50. The predicted molar refractivity (Wildman–Crippen MR) is 106 cm³/mol. The number of primary sulfonamides is 1. The van der Waals surface area contributed by atoms with E-state index in [1.807, 2.05) is 0 Å². The number of nitrogens with two attached hydrogens (primary N) is 1. The van der Waals surface area contributed by atoms with Crippen LogP contribution in [0.3, 0.4) is 0 Å². The summed E-state index contributed by atoms with van der Waals surface area (Å²) >= 11 is 0. The Kier molecular flexibility index (Phi) is 5.85. The van der Waals surface area contributed by atoms with Gasteiger partial charge in [-0.2, -0.15) is 0 Å². The maximum Gasteiger partial charge on any atom is 0.335 e. The fraction of sp³-hybridized carbons (Fsp3) is 0.316. The molecule has 1 fully saturated rings. The lowest BCUT2D eigenvalue weighted by molar-refractivity contribution is 0.0696. The summed E-state index contributed by atoms with van der Waals surface area (Å²) in [5.74, 6) is 0.226. The Bertz CT molecular complexity index is 1030. The molecule has 1 saturated carbocycles. The van der Waals surface area contributed by atoms with Gasteiger partial charge in [0.15, 0.2) is 17.2 Å². The Labute approximate surface area is 168 Å². The van der Waals surface area contributed by atoms with Crippen LogP contribution < -0.4 is 24.7 Å². The zero-order valence-electron chi connectivity index (χ0n) is 16.0. The van der Waals surface area contributed by atoms with Crippen LogP contribution in [0, 0.1) is 5.92 Å². The quantitative estimate of drug-likeness (QED) is 0.561. The van der Waals surface area contributed by atoms with Gasteiger partial charge in [0.25, 0.3) is 0 Å². The Morgan fingerprint density at radius 3 is 2.41 bits per heavy atom. The number of carboxylic acids is 1. The number of ether oxygens (including phenoxy) is 3. The highest BCUT2D eigenvalue weighted by atomic mass is 32.2. The van der Waals surface area contributed by atoms with Crippen LogP contribution in [0.25, 0.3) is 0 Å². The third-order valence-electron chi connectivity index (χ3n) is 4.46. The van der Waals surface area contributed by atoms with Crippen molar-refractivity contribution < 1.29 is 32.5 Å².